The van der Waals surface area contributed by atoms with Gasteiger partial charge in [-0.05, 0) is 36.6 Å². The average molecular weight is 327 g/mol. The number of benzene rings is 1. The van der Waals surface area contributed by atoms with Gasteiger partial charge in [0.1, 0.15) is 5.76 Å². The minimum Gasteiger partial charge on any atom is -0.469 e. The van der Waals surface area contributed by atoms with Gasteiger partial charge in [0.05, 0.1) is 6.26 Å². The predicted octanol–water partition coefficient (Wildman–Crippen LogP) is 2.99. The minimum atomic E-state index is -0.0142. The van der Waals surface area contributed by atoms with E-state index in [2.05, 4.69) is 34.5 Å². The number of para-hydroxylation sites is 1. The van der Waals surface area contributed by atoms with Gasteiger partial charge in [-0.2, -0.15) is 0 Å². The number of anilines is 1. The average Bonchev–Trinajstić information content (AvgIpc) is 3.27. The summed E-state index contributed by atoms with van der Waals surface area (Å²) >= 11 is 0. The van der Waals surface area contributed by atoms with Gasteiger partial charge in [-0.3, -0.25) is 0 Å². The van der Waals surface area contributed by atoms with Crippen molar-refractivity contribution in [2.24, 2.45) is 5.92 Å². The van der Waals surface area contributed by atoms with E-state index in [1.165, 1.54) is 5.69 Å². The Hall–Kier alpha value is -2.43. The first-order valence-electron chi connectivity index (χ1n) is 8.53. The summed E-state index contributed by atoms with van der Waals surface area (Å²) in [5.74, 6) is 1.42. The molecule has 1 aromatic heterocycles. The fourth-order valence-electron chi connectivity index (χ4n) is 3.21. The molecule has 1 aromatic carbocycles. The fraction of sp³-hybridized carbons (Fsp3) is 0.421. The molecule has 2 heterocycles. The van der Waals surface area contributed by atoms with Gasteiger partial charge >= 0.3 is 6.03 Å². The summed E-state index contributed by atoms with van der Waals surface area (Å²) in [7, 11) is 1.87. The number of nitrogens with one attached hydrogen (secondary N) is 1. The molecule has 0 saturated carbocycles. The van der Waals surface area contributed by atoms with E-state index >= 15 is 0 Å². The molecule has 5 heteroatoms. The molecule has 1 atom stereocenters. The second-order valence-corrected chi connectivity index (χ2v) is 6.38. The Morgan fingerprint density at radius 1 is 1.29 bits per heavy atom. The fourth-order valence-corrected chi connectivity index (χ4v) is 3.21. The molecule has 1 N–H and O–H groups in total. The molecule has 5 nitrogen and oxygen atoms in total. The molecular weight excluding hydrogens is 302 g/mol. The van der Waals surface area contributed by atoms with Crippen LogP contribution in [0.15, 0.2) is 53.1 Å². The Morgan fingerprint density at radius 3 is 2.88 bits per heavy atom. The van der Waals surface area contributed by atoms with E-state index in [-0.39, 0.29) is 6.03 Å². The van der Waals surface area contributed by atoms with Crippen LogP contribution in [0.25, 0.3) is 0 Å². The summed E-state index contributed by atoms with van der Waals surface area (Å²) in [6.07, 6.45) is 3.50. The number of carbonyl (C=O) groups is 1. The van der Waals surface area contributed by atoms with E-state index < -0.39 is 0 Å². The number of amides is 2. The van der Waals surface area contributed by atoms with Crippen LogP contribution in [0.1, 0.15) is 12.2 Å². The normalized spacial score (nSPS) is 17.0. The molecular formula is C19H25N3O2. The van der Waals surface area contributed by atoms with E-state index in [1.807, 2.05) is 25.2 Å². The quantitative estimate of drug-likeness (QED) is 0.887. The van der Waals surface area contributed by atoms with Crippen molar-refractivity contribution in [1.29, 1.82) is 0 Å². The van der Waals surface area contributed by atoms with Crippen LogP contribution in [-0.2, 0) is 6.42 Å². The third-order valence-electron chi connectivity index (χ3n) is 4.51. The number of hydrogen-bond acceptors (Lipinski definition) is 3. The molecule has 0 spiro atoms. The molecule has 128 valence electrons. The second kappa shape index (κ2) is 7.90. The van der Waals surface area contributed by atoms with Crippen molar-refractivity contribution in [3.05, 3.63) is 54.5 Å². The summed E-state index contributed by atoms with van der Waals surface area (Å²) in [5, 5.41) is 2.95. The molecule has 1 aliphatic heterocycles. The maximum absolute atomic E-state index is 12.2. The van der Waals surface area contributed by atoms with Crippen LogP contribution in [-0.4, -0.2) is 44.2 Å². The number of hydrogen-bond donors (Lipinski definition) is 1. The second-order valence-electron chi connectivity index (χ2n) is 6.38. The highest BCUT2D eigenvalue weighted by atomic mass is 16.3. The lowest BCUT2D eigenvalue weighted by molar-refractivity contribution is 0.202. The first-order chi connectivity index (χ1) is 11.7. The van der Waals surface area contributed by atoms with Crippen LogP contribution in [0, 0.1) is 5.92 Å². The molecule has 3 rings (SSSR count). The summed E-state index contributed by atoms with van der Waals surface area (Å²) in [6, 6.07) is 14.2. The van der Waals surface area contributed by atoms with Gasteiger partial charge in [-0.15, -0.1) is 0 Å². The van der Waals surface area contributed by atoms with E-state index in [0.29, 0.717) is 12.5 Å². The number of rotatable bonds is 6. The molecule has 1 aliphatic rings. The Morgan fingerprint density at radius 2 is 2.12 bits per heavy atom. The molecule has 0 unspecified atom stereocenters. The number of nitrogens with zero attached hydrogens (tertiary/aromatic N) is 2. The summed E-state index contributed by atoms with van der Waals surface area (Å²) < 4.78 is 5.27. The van der Waals surface area contributed by atoms with Crippen LogP contribution in [0.5, 0.6) is 0 Å². The van der Waals surface area contributed by atoms with Crippen molar-refractivity contribution >= 4 is 11.7 Å². The number of furan rings is 1. The lowest BCUT2D eigenvalue weighted by atomic mass is 10.1. The summed E-state index contributed by atoms with van der Waals surface area (Å²) in [5.41, 5.74) is 1.27. The number of carbonyl (C=O) groups excluding carboxylic acids is 1. The molecule has 1 saturated heterocycles. The van der Waals surface area contributed by atoms with Crippen LogP contribution < -0.4 is 10.2 Å². The molecule has 0 bridgehead atoms. The van der Waals surface area contributed by atoms with E-state index in [9.17, 15) is 4.79 Å². The zero-order valence-electron chi connectivity index (χ0n) is 14.1. The van der Waals surface area contributed by atoms with Gasteiger partial charge in [0.15, 0.2) is 0 Å². The van der Waals surface area contributed by atoms with Crippen molar-refractivity contribution in [3.63, 3.8) is 0 Å². The highest BCUT2D eigenvalue weighted by Gasteiger charge is 2.24. The molecule has 2 amide bonds. The van der Waals surface area contributed by atoms with Gasteiger partial charge in [0.2, 0.25) is 0 Å². The van der Waals surface area contributed by atoms with E-state index in [1.54, 1.807) is 11.2 Å². The first-order valence-corrected chi connectivity index (χ1v) is 8.53. The highest BCUT2D eigenvalue weighted by molar-refractivity contribution is 5.73. The molecule has 24 heavy (non-hydrogen) atoms. The third kappa shape index (κ3) is 4.31. The topological polar surface area (TPSA) is 48.7 Å². The zero-order chi connectivity index (χ0) is 16.8. The lowest BCUT2D eigenvalue weighted by Gasteiger charge is -2.23. The maximum atomic E-state index is 12.2. The Labute approximate surface area is 143 Å². The van der Waals surface area contributed by atoms with Crippen molar-refractivity contribution in [3.8, 4) is 0 Å². The Kier molecular flexibility index (Phi) is 5.41. The van der Waals surface area contributed by atoms with Crippen LogP contribution in [0.2, 0.25) is 0 Å². The van der Waals surface area contributed by atoms with Crippen LogP contribution in [0.4, 0.5) is 10.5 Å². The van der Waals surface area contributed by atoms with Crippen molar-refractivity contribution < 1.29 is 9.21 Å². The third-order valence-corrected chi connectivity index (χ3v) is 4.51. The smallest absolute Gasteiger partial charge is 0.317 e. The predicted molar refractivity (Wildman–Crippen MR) is 95.2 cm³/mol. The zero-order valence-corrected chi connectivity index (χ0v) is 14.1. The maximum Gasteiger partial charge on any atom is 0.317 e. The first kappa shape index (κ1) is 16.4. The van der Waals surface area contributed by atoms with Crippen molar-refractivity contribution in [1.82, 2.24) is 10.2 Å². The number of urea groups is 1. The van der Waals surface area contributed by atoms with Crippen molar-refractivity contribution in [2.45, 2.75) is 12.8 Å². The highest BCUT2D eigenvalue weighted by Crippen LogP contribution is 2.23. The largest absolute Gasteiger partial charge is 0.469 e. The Balaban J connectivity index is 1.40. The SMILES string of the molecule is CN(C[C@H]1CCN(c2ccccc2)C1)C(=O)NCCc1ccco1. The minimum absolute atomic E-state index is 0.0142. The Bertz CT molecular complexity index is 627. The van der Waals surface area contributed by atoms with Crippen LogP contribution >= 0.6 is 0 Å². The molecule has 0 aliphatic carbocycles. The summed E-state index contributed by atoms with van der Waals surface area (Å²) in [6.45, 7) is 3.45. The van der Waals surface area contributed by atoms with Crippen molar-refractivity contribution in [2.75, 3.05) is 38.1 Å². The van der Waals surface area contributed by atoms with E-state index in [0.717, 1.165) is 38.2 Å². The monoisotopic (exact) mass is 327 g/mol. The summed E-state index contributed by atoms with van der Waals surface area (Å²) in [4.78, 5) is 16.4. The van der Waals surface area contributed by atoms with Gasteiger partial charge in [-0.25, -0.2) is 4.79 Å². The van der Waals surface area contributed by atoms with Gasteiger partial charge in [-0.1, -0.05) is 18.2 Å². The van der Waals surface area contributed by atoms with Gasteiger partial charge in [0.25, 0.3) is 0 Å². The van der Waals surface area contributed by atoms with Gasteiger partial charge in [0, 0.05) is 45.3 Å². The van der Waals surface area contributed by atoms with E-state index in [4.69, 9.17) is 4.42 Å². The molecule has 2 aromatic rings. The lowest BCUT2D eigenvalue weighted by Crippen LogP contribution is -2.41. The molecule has 0 radical (unpaired) electrons. The van der Waals surface area contributed by atoms with Crippen LogP contribution in [0.3, 0.4) is 0 Å². The van der Waals surface area contributed by atoms with Gasteiger partial charge < -0.3 is 19.5 Å². The molecule has 1 fully saturated rings. The standard InChI is InChI=1S/C19H25N3O2/c1-21(19(23)20-11-9-18-8-5-13-24-18)14-16-10-12-22(15-16)17-6-3-2-4-7-17/h2-8,13,16H,9-12,14-15H2,1H3,(H,20,23)/t16-/m1/s1.